The zero-order chi connectivity index (χ0) is 10.3. The summed E-state index contributed by atoms with van der Waals surface area (Å²) in [6, 6.07) is -0.718. The molecule has 0 aliphatic heterocycles. The molecule has 0 aliphatic carbocycles. The molecule has 0 rings (SSSR count). The number of nitrogens with one attached hydrogen (secondary N) is 1. The molecule has 0 bridgehead atoms. The molecule has 0 saturated heterocycles. The minimum atomic E-state index is -0.952. The van der Waals surface area contributed by atoms with Crippen LogP contribution in [0.25, 0.3) is 0 Å². The van der Waals surface area contributed by atoms with E-state index in [1.807, 2.05) is 6.92 Å². The Morgan fingerprint density at radius 2 is 2.00 bits per heavy atom. The number of aliphatic carboxylic acids is 1. The summed E-state index contributed by atoms with van der Waals surface area (Å²) < 4.78 is 0. The molecule has 0 saturated carbocycles. The zero-order valence-corrected chi connectivity index (χ0v) is 8.17. The number of carboxylic acid groups (broad SMARTS) is 1. The first kappa shape index (κ1) is 11.9. The Morgan fingerprint density at radius 3 is 2.38 bits per heavy atom. The van der Waals surface area contributed by atoms with Gasteiger partial charge in [-0.25, -0.2) is 4.79 Å². The monoisotopic (exact) mass is 187 g/mol. The van der Waals surface area contributed by atoms with Crippen molar-refractivity contribution in [2.45, 2.75) is 45.6 Å². The van der Waals surface area contributed by atoms with E-state index in [9.17, 15) is 9.59 Å². The van der Waals surface area contributed by atoms with Crippen LogP contribution < -0.4 is 5.32 Å². The number of hydrogen-bond acceptors (Lipinski definition) is 2. The van der Waals surface area contributed by atoms with Crippen molar-refractivity contribution in [2.24, 2.45) is 0 Å². The van der Waals surface area contributed by atoms with Crippen molar-refractivity contribution in [1.82, 2.24) is 5.32 Å². The van der Waals surface area contributed by atoms with Gasteiger partial charge in [-0.1, -0.05) is 26.2 Å². The van der Waals surface area contributed by atoms with Gasteiger partial charge in [-0.15, -0.1) is 0 Å². The first-order valence-electron chi connectivity index (χ1n) is 4.57. The molecule has 0 heterocycles. The summed E-state index contributed by atoms with van der Waals surface area (Å²) in [6.45, 7) is 3.38. The summed E-state index contributed by atoms with van der Waals surface area (Å²) in [4.78, 5) is 21.2. The van der Waals surface area contributed by atoms with Crippen LogP contribution in [0.2, 0.25) is 0 Å². The van der Waals surface area contributed by atoms with E-state index in [2.05, 4.69) is 5.32 Å². The Balaban J connectivity index is 3.81. The van der Waals surface area contributed by atoms with Crippen LogP contribution in [0.15, 0.2) is 0 Å². The summed E-state index contributed by atoms with van der Waals surface area (Å²) in [6.07, 6.45) is 3.41. The van der Waals surface area contributed by atoms with Crippen LogP contribution in [0.5, 0.6) is 0 Å². The van der Waals surface area contributed by atoms with Crippen molar-refractivity contribution in [3.05, 3.63) is 0 Å². The molecule has 1 atom stereocenters. The average Bonchev–Trinajstić information content (AvgIpc) is 2.02. The first-order valence-corrected chi connectivity index (χ1v) is 4.57. The van der Waals surface area contributed by atoms with E-state index in [0.717, 1.165) is 19.3 Å². The van der Waals surface area contributed by atoms with E-state index >= 15 is 0 Å². The van der Waals surface area contributed by atoms with Gasteiger partial charge in [-0.05, 0) is 6.42 Å². The summed E-state index contributed by atoms with van der Waals surface area (Å²) in [7, 11) is 0. The molecule has 4 nitrogen and oxygen atoms in total. The third-order valence-electron chi connectivity index (χ3n) is 1.77. The largest absolute Gasteiger partial charge is 0.480 e. The molecule has 2 N–H and O–H groups in total. The van der Waals surface area contributed by atoms with E-state index in [1.165, 1.54) is 6.92 Å². The number of carbonyl (C=O) groups is 2. The van der Waals surface area contributed by atoms with E-state index in [4.69, 9.17) is 5.11 Å². The zero-order valence-electron chi connectivity index (χ0n) is 8.17. The Morgan fingerprint density at radius 1 is 1.38 bits per heavy atom. The molecule has 1 unspecified atom stereocenters. The van der Waals surface area contributed by atoms with Crippen LogP contribution in [0.4, 0.5) is 0 Å². The van der Waals surface area contributed by atoms with Crippen molar-refractivity contribution >= 4 is 11.9 Å². The van der Waals surface area contributed by atoms with Gasteiger partial charge in [0, 0.05) is 6.92 Å². The predicted molar refractivity (Wildman–Crippen MR) is 49.4 cm³/mol. The summed E-state index contributed by atoms with van der Waals surface area (Å²) in [5, 5.41) is 11.1. The number of amides is 1. The standard InChI is InChI=1S/C9H17NO3/c1-3-4-5-6-8(9(12)13)10-7(2)11/h8H,3-6H2,1-2H3,(H,10,11)(H,12,13). The molecule has 4 heteroatoms. The van der Waals surface area contributed by atoms with Gasteiger partial charge in [0.25, 0.3) is 0 Å². The number of rotatable bonds is 6. The fourth-order valence-corrected chi connectivity index (χ4v) is 1.10. The van der Waals surface area contributed by atoms with E-state index in [0.29, 0.717) is 6.42 Å². The van der Waals surface area contributed by atoms with Crippen molar-refractivity contribution in [3.63, 3.8) is 0 Å². The molecule has 13 heavy (non-hydrogen) atoms. The van der Waals surface area contributed by atoms with Gasteiger partial charge in [0.2, 0.25) is 5.91 Å². The van der Waals surface area contributed by atoms with Crippen LogP contribution in [0, 0.1) is 0 Å². The molecule has 76 valence electrons. The molecule has 0 aliphatic rings. The maximum atomic E-state index is 10.6. The van der Waals surface area contributed by atoms with Gasteiger partial charge in [-0.3, -0.25) is 4.79 Å². The van der Waals surface area contributed by atoms with Crippen molar-refractivity contribution in [1.29, 1.82) is 0 Å². The summed E-state index contributed by atoms with van der Waals surface area (Å²) >= 11 is 0. The second-order valence-corrected chi connectivity index (χ2v) is 3.09. The lowest BCUT2D eigenvalue weighted by atomic mass is 10.1. The molecule has 0 spiro atoms. The molecular weight excluding hydrogens is 170 g/mol. The third-order valence-corrected chi connectivity index (χ3v) is 1.77. The average molecular weight is 187 g/mol. The van der Waals surface area contributed by atoms with Gasteiger partial charge in [0.15, 0.2) is 0 Å². The third kappa shape index (κ3) is 6.13. The van der Waals surface area contributed by atoms with Crippen LogP contribution >= 0.6 is 0 Å². The fourth-order valence-electron chi connectivity index (χ4n) is 1.10. The number of hydrogen-bond donors (Lipinski definition) is 2. The predicted octanol–water partition coefficient (Wildman–Crippen LogP) is 1.16. The van der Waals surface area contributed by atoms with Crippen molar-refractivity contribution in [3.8, 4) is 0 Å². The summed E-state index contributed by atoms with van der Waals surface area (Å²) in [5.41, 5.74) is 0. The Bertz CT molecular complexity index is 180. The van der Waals surface area contributed by atoms with Gasteiger partial charge in [0.1, 0.15) is 6.04 Å². The fraction of sp³-hybridized carbons (Fsp3) is 0.778. The lowest BCUT2D eigenvalue weighted by Crippen LogP contribution is -2.39. The molecule has 0 radical (unpaired) electrons. The normalized spacial score (nSPS) is 12.2. The van der Waals surface area contributed by atoms with Crippen LogP contribution in [0.3, 0.4) is 0 Å². The van der Waals surface area contributed by atoms with Crippen molar-refractivity contribution in [2.75, 3.05) is 0 Å². The number of carboxylic acids is 1. The topological polar surface area (TPSA) is 66.4 Å². The lowest BCUT2D eigenvalue weighted by molar-refractivity contribution is -0.141. The molecule has 0 aromatic rings. The maximum absolute atomic E-state index is 10.6. The highest BCUT2D eigenvalue weighted by Crippen LogP contribution is 2.03. The maximum Gasteiger partial charge on any atom is 0.326 e. The van der Waals surface area contributed by atoms with Gasteiger partial charge in [-0.2, -0.15) is 0 Å². The van der Waals surface area contributed by atoms with Gasteiger partial charge in [0.05, 0.1) is 0 Å². The van der Waals surface area contributed by atoms with Crippen LogP contribution in [-0.4, -0.2) is 23.0 Å². The van der Waals surface area contributed by atoms with Crippen LogP contribution in [-0.2, 0) is 9.59 Å². The first-order chi connectivity index (χ1) is 6.07. The summed E-state index contributed by atoms with van der Waals surface area (Å²) in [5.74, 6) is -1.24. The van der Waals surface area contributed by atoms with Gasteiger partial charge >= 0.3 is 5.97 Å². The molecule has 0 aromatic carbocycles. The number of carbonyl (C=O) groups excluding carboxylic acids is 1. The second-order valence-electron chi connectivity index (χ2n) is 3.09. The minimum absolute atomic E-state index is 0.288. The molecular formula is C9H17NO3. The van der Waals surface area contributed by atoms with E-state index < -0.39 is 12.0 Å². The van der Waals surface area contributed by atoms with Crippen LogP contribution in [0.1, 0.15) is 39.5 Å². The highest BCUT2D eigenvalue weighted by atomic mass is 16.4. The highest BCUT2D eigenvalue weighted by molar-refractivity contribution is 5.81. The van der Waals surface area contributed by atoms with E-state index in [-0.39, 0.29) is 5.91 Å². The molecule has 0 fully saturated rings. The highest BCUT2D eigenvalue weighted by Gasteiger charge is 2.16. The smallest absolute Gasteiger partial charge is 0.326 e. The Kier molecular flexibility index (Phi) is 5.93. The molecule has 1 amide bonds. The van der Waals surface area contributed by atoms with E-state index in [1.54, 1.807) is 0 Å². The molecule has 0 aromatic heterocycles. The lowest BCUT2D eigenvalue weighted by Gasteiger charge is -2.12. The quantitative estimate of drug-likeness (QED) is 0.613. The van der Waals surface area contributed by atoms with Gasteiger partial charge < -0.3 is 10.4 Å². The second kappa shape index (κ2) is 6.46. The van der Waals surface area contributed by atoms with Crippen molar-refractivity contribution < 1.29 is 14.7 Å². The number of unbranched alkanes of at least 4 members (excludes halogenated alkanes) is 2. The Hall–Kier alpha value is -1.06. The minimum Gasteiger partial charge on any atom is -0.480 e. The Labute approximate surface area is 78.3 Å². The SMILES string of the molecule is CCCCCC(NC(C)=O)C(=O)O.